The lowest BCUT2D eigenvalue weighted by atomic mass is 10.3. The number of non-ortho nitro benzene ring substituents is 1. The minimum absolute atomic E-state index is 0.0299. The number of carbonyl (C=O) groups excluding carboxylic acids is 2. The van der Waals surface area contributed by atoms with Crippen LogP contribution in [-0.4, -0.2) is 28.0 Å². The summed E-state index contributed by atoms with van der Waals surface area (Å²) in [6.45, 7) is 4.20. The molecule has 1 aromatic heterocycles. The molecule has 1 aromatic carbocycles. The molecule has 0 N–H and O–H groups in total. The molecule has 0 spiro atoms. The summed E-state index contributed by atoms with van der Waals surface area (Å²) in [6, 6.07) is 4.45. The third-order valence-electron chi connectivity index (χ3n) is 3.41. The first kappa shape index (κ1) is 18.8. The van der Waals surface area contributed by atoms with Gasteiger partial charge in [0.25, 0.3) is 5.69 Å². The minimum Gasteiger partial charge on any atom is -0.466 e. The van der Waals surface area contributed by atoms with Crippen molar-refractivity contribution in [2.24, 2.45) is 4.99 Å². The van der Waals surface area contributed by atoms with E-state index < -0.39 is 4.92 Å². The average molecular weight is 365 g/mol. The average Bonchev–Trinajstić information content (AvgIpc) is 2.89. The second-order valence-electron chi connectivity index (χ2n) is 5.26. The zero-order valence-corrected chi connectivity index (χ0v) is 14.9. The highest BCUT2D eigenvalue weighted by atomic mass is 32.1. The van der Waals surface area contributed by atoms with Gasteiger partial charge in [-0.2, -0.15) is 4.99 Å². The number of nitrogens with zero attached hydrogens (tertiary/aromatic N) is 3. The second-order valence-corrected chi connectivity index (χ2v) is 6.27. The van der Waals surface area contributed by atoms with Crippen LogP contribution in [0.3, 0.4) is 0 Å². The Hall–Kier alpha value is -2.55. The highest BCUT2D eigenvalue weighted by Gasteiger charge is 2.14. The van der Waals surface area contributed by atoms with Gasteiger partial charge >= 0.3 is 5.97 Å². The number of benzene rings is 1. The van der Waals surface area contributed by atoms with Crippen molar-refractivity contribution >= 4 is 39.1 Å². The number of nitro groups is 1. The molecule has 0 aliphatic heterocycles. The molecule has 9 heteroatoms. The predicted molar refractivity (Wildman–Crippen MR) is 93.2 cm³/mol. The molecule has 2 aromatic rings. The Morgan fingerprint density at radius 1 is 1.32 bits per heavy atom. The predicted octanol–water partition coefficient (Wildman–Crippen LogP) is 2.79. The van der Waals surface area contributed by atoms with E-state index in [0.29, 0.717) is 34.5 Å². The number of esters is 1. The van der Waals surface area contributed by atoms with Crippen LogP contribution in [0.15, 0.2) is 23.2 Å². The van der Waals surface area contributed by atoms with Gasteiger partial charge in [0.1, 0.15) is 0 Å². The van der Waals surface area contributed by atoms with Crippen molar-refractivity contribution in [2.75, 3.05) is 6.61 Å². The molecule has 25 heavy (non-hydrogen) atoms. The van der Waals surface area contributed by atoms with E-state index in [1.165, 1.54) is 23.5 Å². The van der Waals surface area contributed by atoms with Gasteiger partial charge in [0, 0.05) is 25.1 Å². The number of rotatable bonds is 7. The maximum absolute atomic E-state index is 11.9. The van der Waals surface area contributed by atoms with E-state index in [1.54, 1.807) is 17.6 Å². The molecule has 1 heterocycles. The zero-order chi connectivity index (χ0) is 18.4. The van der Waals surface area contributed by atoms with Crippen molar-refractivity contribution in [2.45, 2.75) is 39.7 Å². The maximum Gasteiger partial charge on any atom is 0.307 e. The fraction of sp³-hybridized carbons (Fsp3) is 0.438. The van der Waals surface area contributed by atoms with E-state index in [2.05, 4.69) is 4.99 Å². The van der Waals surface area contributed by atoms with Crippen molar-refractivity contribution < 1.29 is 19.2 Å². The van der Waals surface area contributed by atoms with Crippen LogP contribution in [0.1, 0.15) is 33.1 Å². The molecule has 134 valence electrons. The van der Waals surface area contributed by atoms with Gasteiger partial charge in [-0.25, -0.2) is 0 Å². The summed E-state index contributed by atoms with van der Waals surface area (Å²) in [5.41, 5.74) is 0.667. The molecule has 0 fully saturated rings. The lowest BCUT2D eigenvalue weighted by Gasteiger charge is -2.05. The number of aryl methyl sites for hydroxylation is 1. The highest BCUT2D eigenvalue weighted by Crippen LogP contribution is 2.23. The van der Waals surface area contributed by atoms with E-state index in [-0.39, 0.29) is 30.5 Å². The van der Waals surface area contributed by atoms with E-state index in [9.17, 15) is 19.7 Å². The topological polar surface area (TPSA) is 104 Å². The second kappa shape index (κ2) is 8.52. The standard InChI is InChI=1S/C16H19N3O5S/c1-3-5-14(20)17-16-18(9-8-15(21)24-4-2)12-7-6-11(19(22)23)10-13(12)25-16/h6-7,10H,3-5,8-9H2,1-2H3. The summed E-state index contributed by atoms with van der Waals surface area (Å²) >= 11 is 1.19. The molecule has 8 nitrogen and oxygen atoms in total. The van der Waals surface area contributed by atoms with Gasteiger partial charge in [0.15, 0.2) is 4.80 Å². The van der Waals surface area contributed by atoms with Gasteiger partial charge in [0.05, 0.1) is 28.2 Å². The number of amides is 1. The van der Waals surface area contributed by atoms with Crippen LogP contribution in [-0.2, 0) is 20.9 Å². The molecular formula is C16H19N3O5S. The number of carbonyl (C=O) groups is 2. The molecule has 0 radical (unpaired) electrons. The Balaban J connectivity index is 2.48. The summed E-state index contributed by atoms with van der Waals surface area (Å²) in [6.07, 6.45) is 1.14. The van der Waals surface area contributed by atoms with Gasteiger partial charge in [-0.3, -0.25) is 19.7 Å². The Kier molecular flexibility index (Phi) is 6.40. The van der Waals surface area contributed by atoms with Gasteiger partial charge < -0.3 is 9.30 Å². The van der Waals surface area contributed by atoms with E-state index in [0.717, 1.165) is 0 Å². The number of hydrogen-bond donors (Lipinski definition) is 0. The highest BCUT2D eigenvalue weighted by molar-refractivity contribution is 7.16. The summed E-state index contributed by atoms with van der Waals surface area (Å²) in [7, 11) is 0. The number of thiazole rings is 1. The van der Waals surface area contributed by atoms with Crippen LogP contribution in [0, 0.1) is 10.1 Å². The fourth-order valence-corrected chi connectivity index (χ4v) is 3.40. The number of fused-ring (bicyclic) bond motifs is 1. The van der Waals surface area contributed by atoms with E-state index in [4.69, 9.17) is 4.74 Å². The van der Waals surface area contributed by atoms with E-state index in [1.807, 2.05) is 6.92 Å². The number of nitro benzene ring substituents is 1. The van der Waals surface area contributed by atoms with Crippen molar-refractivity contribution in [3.05, 3.63) is 33.1 Å². The lowest BCUT2D eigenvalue weighted by Crippen LogP contribution is -2.19. The molecule has 1 amide bonds. The van der Waals surface area contributed by atoms with Crippen molar-refractivity contribution in [3.63, 3.8) is 0 Å². The smallest absolute Gasteiger partial charge is 0.307 e. The molecule has 0 unspecified atom stereocenters. The van der Waals surface area contributed by atoms with Crippen LogP contribution in [0.2, 0.25) is 0 Å². The van der Waals surface area contributed by atoms with Gasteiger partial charge in [0.2, 0.25) is 5.91 Å². The Labute approximate surface area is 147 Å². The summed E-state index contributed by atoms with van der Waals surface area (Å²) in [4.78, 5) is 38.5. The fourth-order valence-electron chi connectivity index (χ4n) is 2.29. The normalized spacial score (nSPS) is 11.7. The molecule has 0 bridgehead atoms. The molecule has 0 aliphatic rings. The van der Waals surface area contributed by atoms with Gasteiger partial charge in [-0.05, 0) is 19.4 Å². The summed E-state index contributed by atoms with van der Waals surface area (Å²) in [5.74, 6) is -0.601. The zero-order valence-electron chi connectivity index (χ0n) is 14.1. The van der Waals surface area contributed by atoms with Crippen molar-refractivity contribution in [1.82, 2.24) is 4.57 Å². The Bertz CT molecular complexity index is 868. The maximum atomic E-state index is 11.9. The molecule has 0 saturated carbocycles. The Morgan fingerprint density at radius 3 is 2.72 bits per heavy atom. The van der Waals surface area contributed by atoms with Crippen molar-refractivity contribution in [3.8, 4) is 0 Å². The van der Waals surface area contributed by atoms with Crippen LogP contribution < -0.4 is 4.80 Å². The minimum atomic E-state index is -0.471. The third kappa shape index (κ3) is 4.72. The Morgan fingerprint density at radius 2 is 2.08 bits per heavy atom. The number of aromatic nitrogens is 1. The molecule has 2 rings (SSSR count). The van der Waals surface area contributed by atoms with E-state index >= 15 is 0 Å². The van der Waals surface area contributed by atoms with Crippen molar-refractivity contribution in [1.29, 1.82) is 0 Å². The van der Waals surface area contributed by atoms with Crippen LogP contribution in [0.5, 0.6) is 0 Å². The third-order valence-corrected chi connectivity index (χ3v) is 4.45. The molecule has 0 saturated heterocycles. The number of hydrogen-bond acceptors (Lipinski definition) is 6. The summed E-state index contributed by atoms with van der Waals surface area (Å²) in [5, 5.41) is 11.0. The van der Waals surface area contributed by atoms with Crippen LogP contribution >= 0.6 is 11.3 Å². The quantitative estimate of drug-likeness (QED) is 0.426. The monoisotopic (exact) mass is 365 g/mol. The molecule has 0 atom stereocenters. The van der Waals surface area contributed by atoms with Crippen LogP contribution in [0.25, 0.3) is 10.2 Å². The first-order valence-corrected chi connectivity index (χ1v) is 8.78. The first-order valence-electron chi connectivity index (χ1n) is 7.97. The van der Waals surface area contributed by atoms with Crippen LogP contribution in [0.4, 0.5) is 5.69 Å². The molecule has 0 aliphatic carbocycles. The lowest BCUT2D eigenvalue weighted by molar-refractivity contribution is -0.384. The summed E-state index contributed by atoms with van der Waals surface area (Å²) < 4.78 is 7.30. The SMILES string of the molecule is CCCC(=O)N=c1sc2cc([N+](=O)[O-])ccc2n1CCC(=O)OCC. The van der Waals surface area contributed by atoms with Gasteiger partial charge in [-0.1, -0.05) is 18.3 Å². The van der Waals surface area contributed by atoms with Gasteiger partial charge in [-0.15, -0.1) is 0 Å². The molecular weight excluding hydrogens is 346 g/mol. The first-order chi connectivity index (χ1) is 12.0. The largest absolute Gasteiger partial charge is 0.466 e. The number of ether oxygens (including phenoxy) is 1.